The van der Waals surface area contributed by atoms with Gasteiger partial charge in [0.15, 0.2) is 0 Å². The van der Waals surface area contributed by atoms with Crippen LogP contribution in [0.25, 0.3) is 0 Å². The van der Waals surface area contributed by atoms with E-state index in [9.17, 15) is 0 Å². The molecule has 0 amide bonds. The first kappa shape index (κ1) is 6.50. The molecule has 0 aliphatic heterocycles. The zero-order chi connectivity index (χ0) is 4.99. The number of rotatable bonds is 2. The summed E-state index contributed by atoms with van der Waals surface area (Å²) < 4.78 is 4.80. The van der Waals surface area contributed by atoms with E-state index >= 15 is 0 Å². The molecule has 0 atom stereocenters. The Morgan fingerprint density at radius 2 is 2.17 bits per heavy atom. The Morgan fingerprint density at radius 3 is 2.17 bits per heavy atom. The Kier molecular flexibility index (Phi) is 3.99. The van der Waals surface area contributed by atoms with Crippen molar-refractivity contribution in [2.45, 2.75) is 13.8 Å². The van der Waals surface area contributed by atoms with Gasteiger partial charge in [0.1, 0.15) is 0 Å². The van der Waals surface area contributed by atoms with Gasteiger partial charge in [-0.05, 0) is 0 Å². The van der Waals surface area contributed by atoms with Gasteiger partial charge in [-0.15, -0.1) is 0 Å². The summed E-state index contributed by atoms with van der Waals surface area (Å²) in [7, 11) is 0. The van der Waals surface area contributed by atoms with Gasteiger partial charge in [0, 0.05) is 0 Å². The van der Waals surface area contributed by atoms with E-state index in [0.717, 1.165) is 6.61 Å². The SMILES string of the molecule is CC(C)C[O][Ge]. The molecule has 0 aromatic rings. The van der Waals surface area contributed by atoms with Gasteiger partial charge in [-0.2, -0.15) is 0 Å². The molecule has 2 heteroatoms. The van der Waals surface area contributed by atoms with Gasteiger partial charge in [0.05, 0.1) is 0 Å². The second-order valence-electron chi connectivity index (χ2n) is 1.70. The van der Waals surface area contributed by atoms with Gasteiger partial charge in [-0.25, -0.2) is 0 Å². The quantitative estimate of drug-likeness (QED) is 0.521. The van der Waals surface area contributed by atoms with E-state index in [1.54, 1.807) is 16.9 Å². The summed E-state index contributed by atoms with van der Waals surface area (Å²) in [6.45, 7) is 5.13. The van der Waals surface area contributed by atoms with Crippen LogP contribution in [0.1, 0.15) is 13.8 Å². The number of hydrogen-bond donors (Lipinski definition) is 0. The van der Waals surface area contributed by atoms with Crippen LogP contribution >= 0.6 is 0 Å². The van der Waals surface area contributed by atoms with Crippen molar-refractivity contribution in [2.75, 3.05) is 6.61 Å². The van der Waals surface area contributed by atoms with Crippen molar-refractivity contribution in [3.8, 4) is 0 Å². The van der Waals surface area contributed by atoms with Crippen molar-refractivity contribution in [1.29, 1.82) is 0 Å². The standard InChI is InChI=1S/C4H9GeO/c1-4(2)3-6-5/h4H,3H2,1-2H3. The molecular weight excluding hydrogens is 137 g/mol. The summed E-state index contributed by atoms with van der Waals surface area (Å²) in [4.78, 5) is 0. The van der Waals surface area contributed by atoms with Crippen LogP contribution < -0.4 is 0 Å². The topological polar surface area (TPSA) is 9.23 Å². The normalized spacial score (nSPS) is 10.0. The van der Waals surface area contributed by atoms with Crippen molar-refractivity contribution in [3.05, 3.63) is 0 Å². The van der Waals surface area contributed by atoms with Crippen LogP contribution in [0.2, 0.25) is 0 Å². The van der Waals surface area contributed by atoms with Gasteiger partial charge in [-0.3, -0.25) is 0 Å². The van der Waals surface area contributed by atoms with E-state index in [0.29, 0.717) is 5.92 Å². The molecule has 0 fully saturated rings. The first-order chi connectivity index (χ1) is 2.77. The molecule has 0 unspecified atom stereocenters. The predicted molar refractivity (Wildman–Crippen MR) is 26.5 cm³/mol. The molecule has 35 valence electrons. The van der Waals surface area contributed by atoms with E-state index in [1.807, 2.05) is 0 Å². The summed E-state index contributed by atoms with van der Waals surface area (Å²) in [5, 5.41) is 0. The molecule has 0 rings (SSSR count). The summed E-state index contributed by atoms with van der Waals surface area (Å²) in [5.41, 5.74) is 0. The average molecular weight is 146 g/mol. The molecule has 0 saturated heterocycles. The van der Waals surface area contributed by atoms with Crippen LogP contribution in [0, 0.1) is 5.92 Å². The van der Waals surface area contributed by atoms with Crippen LogP contribution in [0.3, 0.4) is 0 Å². The Morgan fingerprint density at radius 1 is 1.67 bits per heavy atom. The van der Waals surface area contributed by atoms with Gasteiger partial charge in [0.2, 0.25) is 0 Å². The summed E-state index contributed by atoms with van der Waals surface area (Å²) in [5.74, 6) is 0.676. The van der Waals surface area contributed by atoms with Gasteiger partial charge in [-0.1, -0.05) is 0 Å². The van der Waals surface area contributed by atoms with Crippen molar-refractivity contribution >= 4 is 16.9 Å². The molecule has 6 heavy (non-hydrogen) atoms. The number of hydrogen-bond acceptors (Lipinski definition) is 1. The van der Waals surface area contributed by atoms with Crippen LogP contribution in [-0.2, 0) is 3.76 Å². The first-order valence-corrected chi connectivity index (χ1v) is 2.91. The molecule has 3 radical (unpaired) electrons. The average Bonchev–Trinajstić information content (AvgIpc) is 1.35. The second kappa shape index (κ2) is 3.68. The third kappa shape index (κ3) is 4.50. The van der Waals surface area contributed by atoms with E-state index < -0.39 is 0 Å². The van der Waals surface area contributed by atoms with Gasteiger partial charge >= 0.3 is 47.0 Å². The zero-order valence-corrected chi connectivity index (χ0v) is 6.29. The Hall–Kier alpha value is 0.503. The molecule has 1 nitrogen and oxygen atoms in total. The Bertz CT molecular complexity index is 28.7. The van der Waals surface area contributed by atoms with Crippen molar-refractivity contribution < 1.29 is 3.76 Å². The first-order valence-electron chi connectivity index (χ1n) is 2.06. The van der Waals surface area contributed by atoms with E-state index in [-0.39, 0.29) is 0 Å². The summed E-state index contributed by atoms with van der Waals surface area (Å²) >= 11 is 1.72. The van der Waals surface area contributed by atoms with Crippen LogP contribution in [0.15, 0.2) is 0 Å². The molecule has 0 heterocycles. The fraction of sp³-hybridized carbons (Fsp3) is 1.00. The third-order valence-electron chi connectivity index (χ3n) is 0.417. The molecular formula is C4H9GeO. The Balaban J connectivity index is 2.63. The zero-order valence-electron chi connectivity index (χ0n) is 4.19. The van der Waals surface area contributed by atoms with E-state index in [1.165, 1.54) is 0 Å². The fourth-order valence-corrected chi connectivity index (χ4v) is 0.866. The van der Waals surface area contributed by atoms with Crippen LogP contribution in [0.4, 0.5) is 0 Å². The maximum atomic E-state index is 4.80. The summed E-state index contributed by atoms with van der Waals surface area (Å²) in [6, 6.07) is 0. The second-order valence-corrected chi connectivity index (χ2v) is 2.31. The van der Waals surface area contributed by atoms with Crippen molar-refractivity contribution in [1.82, 2.24) is 0 Å². The fourth-order valence-electron chi connectivity index (χ4n) is 0.167. The molecule has 0 aliphatic carbocycles. The van der Waals surface area contributed by atoms with Crippen molar-refractivity contribution in [2.24, 2.45) is 5.92 Å². The van der Waals surface area contributed by atoms with E-state index in [2.05, 4.69) is 13.8 Å². The maximum absolute atomic E-state index is 4.80. The Labute approximate surface area is 47.6 Å². The third-order valence-corrected chi connectivity index (χ3v) is 0.766. The molecule has 0 spiro atoms. The van der Waals surface area contributed by atoms with Crippen LogP contribution in [0.5, 0.6) is 0 Å². The van der Waals surface area contributed by atoms with E-state index in [4.69, 9.17) is 3.76 Å². The van der Waals surface area contributed by atoms with Crippen molar-refractivity contribution in [3.63, 3.8) is 0 Å². The van der Waals surface area contributed by atoms with Gasteiger partial charge < -0.3 is 0 Å². The monoisotopic (exact) mass is 147 g/mol. The molecule has 0 aromatic heterocycles. The minimum absolute atomic E-state index is 0.676. The molecule has 0 saturated carbocycles. The molecule has 0 bridgehead atoms. The van der Waals surface area contributed by atoms with Gasteiger partial charge in [0.25, 0.3) is 0 Å². The molecule has 0 N–H and O–H groups in total. The minimum atomic E-state index is 0.676. The summed E-state index contributed by atoms with van der Waals surface area (Å²) in [6.07, 6.45) is 0. The molecule has 0 aliphatic rings. The predicted octanol–water partition coefficient (Wildman–Crippen LogP) is 0.742. The van der Waals surface area contributed by atoms with Crippen LogP contribution in [-0.4, -0.2) is 23.5 Å². The molecule has 0 aromatic carbocycles.